The summed E-state index contributed by atoms with van der Waals surface area (Å²) in [5, 5.41) is -0.313. The highest BCUT2D eigenvalue weighted by Gasteiger charge is 2.37. The second kappa shape index (κ2) is 69.4. The molecule has 2 atom stereocenters. The fourth-order valence-electron chi connectivity index (χ4n) is 4.63. The van der Waals surface area contributed by atoms with Crippen molar-refractivity contribution >= 4 is 67.0 Å². The van der Waals surface area contributed by atoms with Crippen molar-refractivity contribution in [2.45, 2.75) is 323 Å². The first-order valence-electron chi connectivity index (χ1n) is 34.3. The van der Waals surface area contributed by atoms with Gasteiger partial charge in [0.25, 0.3) is 0 Å². The number of nitrogens with zero attached hydrogens (tertiary/aromatic N) is 7. The summed E-state index contributed by atoms with van der Waals surface area (Å²) in [7, 11) is 8.25. The molecule has 1 aliphatic heterocycles. The lowest BCUT2D eigenvalue weighted by molar-refractivity contribution is -0.150. The molecule has 0 radical (unpaired) electrons. The molecule has 1 heterocycles. The molecule has 0 saturated heterocycles. The van der Waals surface area contributed by atoms with Gasteiger partial charge >= 0.3 is 0 Å². The third-order valence-electron chi connectivity index (χ3n) is 11.1. The Kier molecular flexibility index (Phi) is 89.0. The highest BCUT2D eigenvalue weighted by molar-refractivity contribution is 7.89. The van der Waals surface area contributed by atoms with E-state index in [4.69, 9.17) is 4.74 Å². The van der Waals surface area contributed by atoms with Gasteiger partial charge in [-0.1, -0.05) is 225 Å². The first-order chi connectivity index (χ1) is 41.7. The number of carbonyl (C=O) groups excluding carboxylic acids is 7. The van der Waals surface area contributed by atoms with Crippen LogP contribution in [0.25, 0.3) is 0 Å². The summed E-state index contributed by atoms with van der Waals surface area (Å²) in [4.78, 5) is 88.9. The van der Waals surface area contributed by atoms with Gasteiger partial charge in [0, 0.05) is 98.9 Å². The van der Waals surface area contributed by atoms with Crippen LogP contribution < -0.4 is 0 Å². The minimum absolute atomic E-state index is 0.000185. The van der Waals surface area contributed by atoms with Gasteiger partial charge in [0.05, 0.1) is 23.1 Å². The van der Waals surface area contributed by atoms with Gasteiger partial charge in [0.2, 0.25) is 49.6 Å². The van der Waals surface area contributed by atoms with Gasteiger partial charge in [-0.25, -0.2) is 30.4 Å². The topological polar surface area (TPSA) is 229 Å². The van der Waals surface area contributed by atoms with Crippen molar-refractivity contribution in [3.05, 3.63) is 0 Å². The second-order valence-electron chi connectivity index (χ2n) is 26.4. The van der Waals surface area contributed by atoms with Crippen LogP contribution in [0.15, 0.2) is 4.99 Å². The largest absolute Gasteiger partial charge is 0.476 e. The zero-order chi connectivity index (χ0) is 78.6. The Bertz CT molecular complexity index is 2020. The molecule has 0 saturated carbocycles. The highest BCUT2D eigenvalue weighted by Crippen LogP contribution is 2.19. The van der Waals surface area contributed by atoms with Crippen molar-refractivity contribution in [2.75, 3.05) is 69.7 Å². The third kappa shape index (κ3) is 73.7. The number of likely N-dealkylation sites (N-methyl/N-ethyl adjacent to an activating group) is 3. The number of hydrogen-bond acceptors (Lipinski definition) is 13. The number of Topliss-reactive ketones (excluding diaryl/α,β-unsaturated/α-hetero) is 2. The monoisotopic (exact) mass is 1380 g/mol. The van der Waals surface area contributed by atoms with Crippen molar-refractivity contribution in [1.82, 2.24) is 28.2 Å². The Morgan fingerprint density at radius 2 is 0.688 bits per heavy atom. The van der Waals surface area contributed by atoms with E-state index in [1.165, 1.54) is 92.0 Å². The van der Waals surface area contributed by atoms with Gasteiger partial charge in [-0.15, -0.1) is 0 Å². The van der Waals surface area contributed by atoms with Crippen molar-refractivity contribution in [3.8, 4) is 0 Å². The smallest absolute Gasteiger partial charge is 0.247 e. The maximum atomic E-state index is 11.9. The average molecular weight is 1380 g/mol. The lowest BCUT2D eigenvalue weighted by Crippen LogP contribution is -2.55. The molecule has 0 spiro atoms. The van der Waals surface area contributed by atoms with Crippen molar-refractivity contribution in [1.29, 1.82) is 0 Å². The lowest BCUT2D eigenvalue weighted by atomic mass is 9.97. The molecule has 2 unspecified atom stereocenters. The van der Waals surface area contributed by atoms with E-state index in [1.807, 2.05) is 55.4 Å². The van der Waals surface area contributed by atoms with Crippen LogP contribution in [0, 0.1) is 35.5 Å². The van der Waals surface area contributed by atoms with Gasteiger partial charge < -0.3 is 24.3 Å². The number of ketones is 2. The first kappa shape index (κ1) is 119. The number of ether oxygens (including phenoxy) is 1. The van der Waals surface area contributed by atoms with Gasteiger partial charge in [-0.2, -0.15) is 0 Å². The summed E-state index contributed by atoms with van der Waals surface area (Å²) >= 11 is 0. The standard InChI is InChI=1S/C11H22N2O2.C10H19NO2.C8H15NO.C6H13NO3S.C6H13NO.C5H13NO2S.C5H10O.7C3H8/c1-8(2)9(14)13(7)11(3,4)10(15)12(5)6;1-7(2)9(13)11(6)10(4,5)8(3)12;1-5(2)8-9-6(3)7(4)10-8;1-5(2)6(8)7(3)11(4,9)10;1-5(2)6(8)7(3)4;1-5(2)9(7,8)6(3)4;1-4(2)5(3)6;7*1-3-2/h8H,1-7H3;7H,1-6H3;5-7H,1-4H3;5H,1-4H3;5H,1-4H3;5H,1-4H3;4H,1-3H3;7*3H2,1-2H3. The maximum absolute atomic E-state index is 11.9. The average Bonchev–Trinajstić information content (AvgIpc) is 3.78. The highest BCUT2D eigenvalue weighted by atomic mass is 32.2. The summed E-state index contributed by atoms with van der Waals surface area (Å²) in [5.41, 5.74) is -1.48. The predicted octanol–water partition coefficient (Wildman–Crippen LogP) is 16.5. The summed E-state index contributed by atoms with van der Waals surface area (Å²) in [6, 6.07) is 0.345. The molecule has 0 aromatic rings. The quantitative estimate of drug-likeness (QED) is 0.168. The third-order valence-corrected chi connectivity index (χ3v) is 14.5. The van der Waals surface area contributed by atoms with E-state index in [2.05, 4.69) is 130 Å². The zero-order valence-electron chi connectivity index (χ0n) is 70.0. The van der Waals surface area contributed by atoms with E-state index in [-0.39, 0.29) is 82.0 Å². The van der Waals surface area contributed by atoms with Crippen LogP contribution >= 0.6 is 0 Å². The SMILES string of the molecule is CC(=O)C(C)(C)N(C)C(=O)C(C)C.CC(=O)C(C)C.CC(C)C(=O)N(C)C.CC(C)C(=O)N(C)C(C)(C)C(=O)N(C)C.CC(C)C(=O)N(C)S(C)(=O)=O.CC(C)C1=NC(C)C(C)O1.CC(C)S(=O)(=O)N(C)C.CCC.CCC.CCC.CCC.CCC.CCC.CCC. The second-order valence-corrected chi connectivity index (χ2v) is 31.1. The fourth-order valence-corrected chi connectivity index (χ4v) is 6.01. The molecule has 0 N–H and O–H groups in total. The van der Waals surface area contributed by atoms with Crippen LogP contribution in [0.2, 0.25) is 0 Å². The van der Waals surface area contributed by atoms with Crippen LogP contribution in [-0.4, -0.2) is 190 Å². The number of amides is 5. The van der Waals surface area contributed by atoms with Crippen LogP contribution in [-0.2, 0) is 58.3 Å². The maximum Gasteiger partial charge on any atom is 0.247 e. The van der Waals surface area contributed by atoms with E-state index < -0.39 is 31.1 Å². The molecule has 93 heavy (non-hydrogen) atoms. The molecule has 19 nitrogen and oxygen atoms in total. The van der Waals surface area contributed by atoms with Crippen LogP contribution in [0.1, 0.15) is 294 Å². The van der Waals surface area contributed by atoms with E-state index in [9.17, 15) is 50.4 Å². The Balaban J connectivity index is -0.0000000700. The zero-order valence-corrected chi connectivity index (χ0v) is 71.6. The molecule has 0 aromatic carbocycles. The number of aliphatic imine (C=N–C) groups is 1. The van der Waals surface area contributed by atoms with Gasteiger partial charge in [0.1, 0.15) is 17.4 Å². The van der Waals surface area contributed by atoms with Crippen LogP contribution in [0.3, 0.4) is 0 Å². The Morgan fingerprint density at radius 1 is 0.441 bits per heavy atom. The molecule has 568 valence electrons. The summed E-state index contributed by atoms with van der Waals surface area (Å²) in [6.07, 6.45) is 10.0. The molecule has 21 heteroatoms. The predicted molar refractivity (Wildman–Crippen MR) is 406 cm³/mol. The number of rotatable bonds is 13. The molecular weight excluding hydrogens is 1220 g/mol. The Hall–Kier alpha value is -3.98. The van der Waals surface area contributed by atoms with E-state index in [0.717, 1.165) is 16.5 Å². The van der Waals surface area contributed by atoms with E-state index >= 15 is 0 Å². The van der Waals surface area contributed by atoms with Crippen molar-refractivity contribution in [3.63, 3.8) is 0 Å². The minimum Gasteiger partial charge on any atom is -0.476 e. The summed E-state index contributed by atoms with van der Waals surface area (Å²) < 4.78 is 51.0. The number of carbonyl (C=O) groups is 7. The Morgan fingerprint density at radius 3 is 0.785 bits per heavy atom. The minimum atomic E-state index is -3.36. The molecular formula is C72H161N7O12S2. The first-order valence-corrected chi connectivity index (χ1v) is 37.7. The van der Waals surface area contributed by atoms with Crippen LogP contribution in [0.4, 0.5) is 0 Å². The number of sulfonamides is 2. The summed E-state index contributed by atoms with van der Waals surface area (Å²) in [5.74, 6) is 1.23. The normalized spacial score (nSPS) is 12.4. The Labute approximate surface area is 580 Å². The molecule has 0 aromatic heterocycles. The molecule has 1 aliphatic rings. The lowest BCUT2D eigenvalue weighted by Gasteiger charge is -2.37. The van der Waals surface area contributed by atoms with E-state index in [1.54, 1.807) is 109 Å². The molecule has 1 rings (SSSR count). The fraction of sp³-hybridized carbons (Fsp3) is 0.889. The van der Waals surface area contributed by atoms with Crippen molar-refractivity contribution in [2.24, 2.45) is 40.5 Å². The van der Waals surface area contributed by atoms with E-state index in [0.29, 0.717) is 12.0 Å². The molecule has 5 amide bonds. The molecule has 0 aliphatic carbocycles. The molecule has 0 fully saturated rings. The van der Waals surface area contributed by atoms with Gasteiger partial charge in [-0.05, 0) is 69.2 Å². The van der Waals surface area contributed by atoms with Crippen molar-refractivity contribution < 1.29 is 55.1 Å². The van der Waals surface area contributed by atoms with Gasteiger partial charge in [-0.3, -0.25) is 33.6 Å². The number of hydrogen-bond donors (Lipinski definition) is 0. The summed E-state index contributed by atoms with van der Waals surface area (Å²) in [6.45, 7) is 69.8. The molecule has 0 bridgehead atoms. The van der Waals surface area contributed by atoms with Crippen LogP contribution in [0.5, 0.6) is 0 Å². The van der Waals surface area contributed by atoms with Gasteiger partial charge in [0.15, 0.2) is 11.7 Å².